The summed E-state index contributed by atoms with van der Waals surface area (Å²) in [5, 5.41) is 0.184. The van der Waals surface area contributed by atoms with Gasteiger partial charge in [0, 0.05) is 5.41 Å². The van der Waals surface area contributed by atoms with E-state index in [1.807, 2.05) is 20.8 Å². The Hall–Kier alpha value is -0.193. The molecule has 1 heterocycles. The second-order valence-corrected chi connectivity index (χ2v) is 13.2. The molecule has 2 rings (SSSR count). The summed E-state index contributed by atoms with van der Waals surface area (Å²) in [4.78, 5) is 12.3. The van der Waals surface area contributed by atoms with Crippen molar-refractivity contribution in [3.8, 4) is 0 Å². The zero-order chi connectivity index (χ0) is 14.9. The Labute approximate surface area is 118 Å². The molecule has 19 heavy (non-hydrogen) atoms. The van der Waals surface area contributed by atoms with Gasteiger partial charge in [-0.2, -0.15) is 0 Å². The van der Waals surface area contributed by atoms with Gasteiger partial charge in [-0.25, -0.2) is 0 Å². The average Bonchev–Trinajstić information content (AvgIpc) is 2.86. The van der Waals surface area contributed by atoms with Crippen LogP contribution in [-0.2, 0) is 14.0 Å². The third-order valence-electron chi connectivity index (χ3n) is 5.22. The maximum Gasteiger partial charge on any atom is 0.192 e. The highest BCUT2D eigenvalue weighted by molar-refractivity contribution is 6.74. The fourth-order valence-corrected chi connectivity index (χ4v) is 4.19. The molecule has 1 saturated heterocycles. The second-order valence-electron chi connectivity index (χ2n) is 8.48. The Morgan fingerprint density at radius 3 is 2.26 bits per heavy atom. The van der Waals surface area contributed by atoms with E-state index < -0.39 is 13.9 Å². The molecule has 0 bridgehead atoms. The number of hydrogen-bond donors (Lipinski definition) is 0. The van der Waals surface area contributed by atoms with Crippen LogP contribution in [0, 0.1) is 5.41 Å². The first-order chi connectivity index (χ1) is 8.31. The Kier molecular flexibility index (Phi) is 3.14. The van der Waals surface area contributed by atoms with Crippen molar-refractivity contribution in [3.63, 3.8) is 0 Å². The summed E-state index contributed by atoms with van der Waals surface area (Å²) in [5.41, 5.74) is -0.927. The molecule has 0 aromatic heterocycles. The van der Waals surface area contributed by atoms with Gasteiger partial charge in [0.15, 0.2) is 19.7 Å². The van der Waals surface area contributed by atoms with Gasteiger partial charge in [0.1, 0.15) is 6.10 Å². The number of Topliss-reactive ketones (excluding diaryl/α,β-unsaturated/α-hetero) is 1. The smallest absolute Gasteiger partial charge is 0.192 e. The van der Waals surface area contributed by atoms with Gasteiger partial charge in [0.25, 0.3) is 0 Å². The Morgan fingerprint density at radius 2 is 1.79 bits per heavy atom. The van der Waals surface area contributed by atoms with Crippen molar-refractivity contribution in [3.05, 3.63) is 0 Å². The Morgan fingerprint density at radius 1 is 1.26 bits per heavy atom. The van der Waals surface area contributed by atoms with E-state index in [1.165, 1.54) is 0 Å². The van der Waals surface area contributed by atoms with Gasteiger partial charge in [0.05, 0.1) is 6.10 Å². The van der Waals surface area contributed by atoms with E-state index in [2.05, 4.69) is 33.9 Å². The minimum Gasteiger partial charge on any atom is -0.411 e. The highest BCUT2D eigenvalue weighted by Crippen LogP contribution is 2.53. The Balaban J connectivity index is 2.18. The molecular weight excluding hydrogens is 256 g/mol. The average molecular weight is 284 g/mol. The first-order valence-corrected chi connectivity index (χ1v) is 10.1. The lowest BCUT2D eigenvalue weighted by Crippen LogP contribution is -2.52. The summed E-state index contributed by atoms with van der Waals surface area (Å²) in [5.74, 6) is 0.236. The highest BCUT2D eigenvalue weighted by Gasteiger charge is 2.69. The first-order valence-electron chi connectivity index (χ1n) is 7.22. The molecule has 1 aliphatic carbocycles. The molecule has 0 spiro atoms. The van der Waals surface area contributed by atoms with Crippen LogP contribution < -0.4 is 0 Å². The standard InChI is InChI=1S/C15H28O3Si/c1-13(2,3)19(7,8)18-10-9-14(4,5)12(16)15(6)11(10)17-15/h10-11H,9H2,1-8H3/t10-,11+,15+/m1/s1. The minimum absolute atomic E-state index is 0.0258. The normalized spacial score (nSPS) is 38.0. The lowest BCUT2D eigenvalue weighted by molar-refractivity contribution is -0.134. The zero-order valence-electron chi connectivity index (χ0n) is 13.6. The summed E-state index contributed by atoms with van der Waals surface area (Å²) in [7, 11) is -1.82. The van der Waals surface area contributed by atoms with Gasteiger partial charge in [-0.15, -0.1) is 0 Å². The predicted molar refractivity (Wildman–Crippen MR) is 78.8 cm³/mol. The molecule has 3 atom stereocenters. The zero-order valence-corrected chi connectivity index (χ0v) is 14.6. The fourth-order valence-electron chi connectivity index (χ4n) is 2.88. The molecule has 0 aromatic rings. The van der Waals surface area contributed by atoms with Crippen molar-refractivity contribution in [2.24, 2.45) is 5.41 Å². The third kappa shape index (κ3) is 2.32. The van der Waals surface area contributed by atoms with Crippen molar-refractivity contribution in [1.82, 2.24) is 0 Å². The van der Waals surface area contributed by atoms with Gasteiger partial charge in [-0.05, 0) is 31.5 Å². The van der Waals surface area contributed by atoms with Crippen molar-refractivity contribution in [1.29, 1.82) is 0 Å². The van der Waals surface area contributed by atoms with E-state index in [0.29, 0.717) is 0 Å². The molecule has 2 aliphatic rings. The molecule has 4 heteroatoms. The van der Waals surface area contributed by atoms with E-state index in [1.54, 1.807) is 0 Å². The predicted octanol–water partition coefficient (Wildman–Crippen LogP) is 3.53. The molecule has 0 aromatic carbocycles. The Bertz CT molecular complexity index is 401. The molecule has 3 nitrogen and oxygen atoms in total. The van der Waals surface area contributed by atoms with Crippen molar-refractivity contribution in [2.45, 2.75) is 83.9 Å². The topological polar surface area (TPSA) is 38.8 Å². The van der Waals surface area contributed by atoms with Crippen LogP contribution >= 0.6 is 0 Å². The lowest BCUT2D eigenvalue weighted by atomic mass is 9.70. The lowest BCUT2D eigenvalue weighted by Gasteiger charge is -2.42. The van der Waals surface area contributed by atoms with Crippen LogP contribution in [0.15, 0.2) is 0 Å². The van der Waals surface area contributed by atoms with E-state index in [9.17, 15) is 4.79 Å². The minimum atomic E-state index is -1.82. The molecule has 1 saturated carbocycles. The van der Waals surface area contributed by atoms with E-state index in [4.69, 9.17) is 9.16 Å². The van der Waals surface area contributed by atoms with Crippen LogP contribution in [0.3, 0.4) is 0 Å². The largest absolute Gasteiger partial charge is 0.411 e. The number of fused-ring (bicyclic) bond motifs is 1. The number of ether oxygens (including phenoxy) is 1. The molecule has 0 N–H and O–H groups in total. The number of carbonyl (C=O) groups is 1. The molecule has 2 fully saturated rings. The van der Waals surface area contributed by atoms with E-state index in [-0.39, 0.29) is 28.4 Å². The van der Waals surface area contributed by atoms with Crippen molar-refractivity contribution < 1.29 is 14.0 Å². The third-order valence-corrected chi connectivity index (χ3v) is 9.73. The van der Waals surface area contributed by atoms with Gasteiger partial charge in [-0.1, -0.05) is 34.6 Å². The number of epoxide rings is 1. The summed E-state index contributed by atoms with van der Waals surface area (Å²) < 4.78 is 12.2. The molecular formula is C15H28O3Si. The van der Waals surface area contributed by atoms with Crippen molar-refractivity contribution >= 4 is 14.1 Å². The number of hydrogen-bond acceptors (Lipinski definition) is 3. The van der Waals surface area contributed by atoms with Gasteiger partial charge >= 0.3 is 0 Å². The molecule has 0 unspecified atom stereocenters. The van der Waals surface area contributed by atoms with Crippen LogP contribution in [0.1, 0.15) is 48.0 Å². The van der Waals surface area contributed by atoms with Gasteiger partial charge in [0.2, 0.25) is 0 Å². The monoisotopic (exact) mass is 284 g/mol. The number of rotatable bonds is 2. The fraction of sp³-hybridized carbons (Fsp3) is 0.933. The summed E-state index contributed by atoms with van der Waals surface area (Å²) >= 11 is 0. The first kappa shape index (κ1) is 15.2. The maximum absolute atomic E-state index is 12.3. The molecule has 0 radical (unpaired) electrons. The second kappa shape index (κ2) is 3.92. The molecule has 110 valence electrons. The van der Waals surface area contributed by atoms with Crippen LogP contribution in [0.25, 0.3) is 0 Å². The quantitative estimate of drug-likeness (QED) is 0.575. The SMILES string of the molecule is CC1(C)C[C@@H](O[Si](C)(C)C(C)(C)C)[C@@H]2O[C@]2(C)C1=O. The highest BCUT2D eigenvalue weighted by atomic mass is 28.4. The number of ketones is 1. The maximum atomic E-state index is 12.3. The van der Waals surface area contributed by atoms with Crippen LogP contribution in [0.4, 0.5) is 0 Å². The molecule has 1 aliphatic heterocycles. The van der Waals surface area contributed by atoms with E-state index in [0.717, 1.165) is 6.42 Å². The summed E-state index contributed by atoms with van der Waals surface area (Å²) in [6, 6.07) is 0. The van der Waals surface area contributed by atoms with Crippen LogP contribution in [0.5, 0.6) is 0 Å². The summed E-state index contributed by atoms with van der Waals surface area (Å²) in [6.45, 7) is 17.2. The van der Waals surface area contributed by atoms with Crippen LogP contribution in [-0.4, -0.2) is 31.9 Å². The molecule has 0 amide bonds. The summed E-state index contributed by atoms with van der Waals surface area (Å²) in [6.07, 6.45) is 0.819. The number of carbonyl (C=O) groups excluding carboxylic acids is 1. The van der Waals surface area contributed by atoms with Gasteiger partial charge < -0.3 is 9.16 Å². The van der Waals surface area contributed by atoms with E-state index >= 15 is 0 Å². The van der Waals surface area contributed by atoms with Crippen LogP contribution in [0.2, 0.25) is 18.1 Å². The van der Waals surface area contributed by atoms with Crippen molar-refractivity contribution in [2.75, 3.05) is 0 Å². The van der Waals surface area contributed by atoms with Gasteiger partial charge in [-0.3, -0.25) is 4.79 Å².